The average Bonchev–Trinajstić information content (AvgIpc) is 2.66. The number of benzene rings is 2. The number of nitrogens with one attached hydrogen (secondary N) is 1. The van der Waals surface area contributed by atoms with Crippen LogP contribution in [0.4, 0.5) is 0 Å². The van der Waals surface area contributed by atoms with Gasteiger partial charge in [-0.05, 0) is 38.7 Å². The van der Waals surface area contributed by atoms with Crippen molar-refractivity contribution in [3.63, 3.8) is 0 Å². The van der Waals surface area contributed by atoms with E-state index in [-0.39, 0.29) is 29.2 Å². The zero-order valence-corrected chi connectivity index (χ0v) is 16.5. The lowest BCUT2D eigenvalue weighted by molar-refractivity contribution is -0.488. The van der Waals surface area contributed by atoms with Gasteiger partial charge in [-0.2, -0.15) is 0 Å². The van der Waals surface area contributed by atoms with Crippen molar-refractivity contribution in [1.82, 2.24) is 5.32 Å². The number of aryl methyl sites for hydroxylation is 1. The zero-order chi connectivity index (χ0) is 20.4. The molecule has 0 heterocycles. The number of carbonyl (C=O) groups excluding carboxylic acids is 1. The molecular weight excluding hydrogens is 352 g/mol. The third-order valence-electron chi connectivity index (χ3n) is 4.44. The Morgan fingerprint density at radius 1 is 1.07 bits per heavy atom. The number of nitrogens with zero attached hydrogens (tertiary/aromatic N) is 1. The summed E-state index contributed by atoms with van der Waals surface area (Å²) in [6.45, 7) is 3.88. The van der Waals surface area contributed by atoms with E-state index < -0.39 is 0 Å². The highest BCUT2D eigenvalue weighted by Gasteiger charge is 2.19. The van der Waals surface area contributed by atoms with E-state index in [1.165, 1.54) is 5.56 Å². The second kappa shape index (κ2) is 11.0. The Morgan fingerprint density at radius 3 is 2.25 bits per heavy atom. The van der Waals surface area contributed by atoms with E-state index in [1.807, 2.05) is 62.4 Å². The Balaban J connectivity index is 2.13. The standard InChI is InChI=1S/C23H28N2O3/c1-18(2)24-22(16-23(26)21-11-7-4-8-12-21)15-20(17-25(27)28)14-13-19-9-5-3-6-10-19/h3-12,16,18,20,24H,13-15,17H2,1-2H3/b22-16-. The first-order chi connectivity index (χ1) is 13.4. The van der Waals surface area contributed by atoms with E-state index in [1.54, 1.807) is 18.2 Å². The fourth-order valence-electron chi connectivity index (χ4n) is 3.17. The normalized spacial score (nSPS) is 12.6. The van der Waals surface area contributed by atoms with Crippen LogP contribution in [0.15, 0.2) is 72.4 Å². The number of hydrogen-bond acceptors (Lipinski definition) is 4. The molecule has 0 aliphatic carbocycles. The predicted molar refractivity (Wildman–Crippen MR) is 112 cm³/mol. The third kappa shape index (κ3) is 7.74. The summed E-state index contributed by atoms with van der Waals surface area (Å²) in [6, 6.07) is 19.2. The maximum atomic E-state index is 12.6. The Bertz CT molecular complexity index is 786. The Labute approximate surface area is 166 Å². The smallest absolute Gasteiger partial charge is 0.207 e. The van der Waals surface area contributed by atoms with Crippen molar-refractivity contribution in [3.05, 3.63) is 93.7 Å². The molecule has 0 fully saturated rings. The van der Waals surface area contributed by atoms with E-state index >= 15 is 0 Å². The fourth-order valence-corrected chi connectivity index (χ4v) is 3.17. The Kier molecular flexibility index (Phi) is 8.40. The minimum Gasteiger partial charge on any atom is -0.386 e. The molecule has 0 spiro atoms. The first-order valence-electron chi connectivity index (χ1n) is 9.66. The van der Waals surface area contributed by atoms with Crippen molar-refractivity contribution in [2.75, 3.05) is 6.54 Å². The molecule has 0 bridgehead atoms. The highest BCUT2D eigenvalue weighted by Crippen LogP contribution is 2.19. The van der Waals surface area contributed by atoms with Crippen molar-refractivity contribution in [2.24, 2.45) is 5.92 Å². The summed E-state index contributed by atoms with van der Waals surface area (Å²) in [5, 5.41) is 14.5. The van der Waals surface area contributed by atoms with Crippen LogP contribution in [0, 0.1) is 16.0 Å². The van der Waals surface area contributed by atoms with Crippen molar-refractivity contribution in [3.8, 4) is 0 Å². The second-order valence-corrected chi connectivity index (χ2v) is 7.31. The van der Waals surface area contributed by atoms with Gasteiger partial charge in [0.1, 0.15) is 0 Å². The molecular formula is C23H28N2O3. The van der Waals surface area contributed by atoms with Crippen LogP contribution in [-0.2, 0) is 6.42 Å². The first kappa shape index (κ1) is 21.4. The van der Waals surface area contributed by atoms with Crippen LogP contribution in [0.1, 0.15) is 42.6 Å². The van der Waals surface area contributed by atoms with Crippen molar-refractivity contribution in [2.45, 2.75) is 39.2 Å². The molecule has 148 valence electrons. The molecule has 5 nitrogen and oxygen atoms in total. The fraction of sp³-hybridized carbons (Fsp3) is 0.348. The summed E-state index contributed by atoms with van der Waals surface area (Å²) in [6.07, 6.45) is 3.54. The van der Waals surface area contributed by atoms with Crippen LogP contribution in [0.25, 0.3) is 0 Å². The summed E-state index contributed by atoms with van der Waals surface area (Å²) in [7, 11) is 0. The van der Waals surface area contributed by atoms with Crippen LogP contribution in [-0.4, -0.2) is 23.3 Å². The van der Waals surface area contributed by atoms with Gasteiger partial charge >= 0.3 is 0 Å². The lowest BCUT2D eigenvalue weighted by Crippen LogP contribution is -2.26. The average molecular weight is 380 g/mol. The van der Waals surface area contributed by atoms with Crippen molar-refractivity contribution in [1.29, 1.82) is 0 Å². The summed E-state index contributed by atoms with van der Waals surface area (Å²) in [4.78, 5) is 23.5. The maximum Gasteiger partial charge on any atom is 0.207 e. The van der Waals surface area contributed by atoms with Crippen LogP contribution in [0.3, 0.4) is 0 Å². The lowest BCUT2D eigenvalue weighted by Gasteiger charge is -2.19. The van der Waals surface area contributed by atoms with E-state index in [9.17, 15) is 14.9 Å². The van der Waals surface area contributed by atoms with Gasteiger partial charge < -0.3 is 5.32 Å². The minimum atomic E-state index is -0.262. The molecule has 2 aromatic rings. The van der Waals surface area contributed by atoms with Crippen LogP contribution in [0.2, 0.25) is 0 Å². The largest absolute Gasteiger partial charge is 0.386 e. The molecule has 2 aromatic carbocycles. The molecule has 0 aromatic heterocycles. The monoisotopic (exact) mass is 380 g/mol. The maximum absolute atomic E-state index is 12.6. The van der Waals surface area contributed by atoms with Gasteiger partial charge in [-0.3, -0.25) is 14.9 Å². The molecule has 0 aliphatic heterocycles. The number of allylic oxidation sites excluding steroid dienone is 2. The van der Waals surface area contributed by atoms with Gasteiger partial charge in [0.25, 0.3) is 0 Å². The van der Waals surface area contributed by atoms with Gasteiger partial charge in [0.05, 0.1) is 0 Å². The lowest BCUT2D eigenvalue weighted by atomic mass is 9.94. The minimum absolute atomic E-state index is 0.0911. The van der Waals surface area contributed by atoms with Crippen LogP contribution in [0.5, 0.6) is 0 Å². The van der Waals surface area contributed by atoms with Gasteiger partial charge in [0.2, 0.25) is 6.54 Å². The molecule has 0 aliphatic rings. The predicted octanol–water partition coefficient (Wildman–Crippen LogP) is 4.67. The summed E-state index contributed by atoms with van der Waals surface area (Å²) in [5.41, 5.74) is 2.53. The van der Waals surface area contributed by atoms with Gasteiger partial charge in [-0.1, -0.05) is 60.7 Å². The molecule has 0 saturated carbocycles. The number of hydrogen-bond donors (Lipinski definition) is 1. The van der Waals surface area contributed by atoms with Crippen molar-refractivity contribution >= 4 is 5.78 Å². The van der Waals surface area contributed by atoms with E-state index in [0.717, 1.165) is 12.1 Å². The summed E-state index contributed by atoms with van der Waals surface area (Å²) < 4.78 is 0. The highest BCUT2D eigenvalue weighted by atomic mass is 16.6. The van der Waals surface area contributed by atoms with Gasteiger partial charge in [-0.15, -0.1) is 0 Å². The molecule has 28 heavy (non-hydrogen) atoms. The van der Waals surface area contributed by atoms with Crippen molar-refractivity contribution < 1.29 is 9.72 Å². The Hall–Kier alpha value is -2.95. The van der Waals surface area contributed by atoms with E-state index in [4.69, 9.17) is 0 Å². The van der Waals surface area contributed by atoms with E-state index in [0.29, 0.717) is 18.4 Å². The number of ketones is 1. The third-order valence-corrected chi connectivity index (χ3v) is 4.44. The number of nitro groups is 1. The zero-order valence-electron chi connectivity index (χ0n) is 16.5. The SMILES string of the molecule is CC(C)N/C(=C\C(=O)c1ccccc1)CC(CCc1ccccc1)C[N+](=O)[O-]. The molecule has 1 atom stereocenters. The Morgan fingerprint density at radius 2 is 1.68 bits per heavy atom. The first-order valence-corrected chi connectivity index (χ1v) is 9.66. The van der Waals surface area contributed by atoms with Crippen LogP contribution < -0.4 is 5.32 Å². The summed E-state index contributed by atoms with van der Waals surface area (Å²) >= 11 is 0. The molecule has 0 saturated heterocycles. The molecule has 2 rings (SSSR count). The molecule has 5 heteroatoms. The highest BCUT2D eigenvalue weighted by molar-refractivity contribution is 6.04. The molecule has 1 unspecified atom stereocenters. The van der Waals surface area contributed by atoms with Gasteiger partial charge in [0.15, 0.2) is 5.78 Å². The quantitative estimate of drug-likeness (QED) is 0.266. The molecule has 1 N–H and O–H groups in total. The summed E-state index contributed by atoms with van der Waals surface area (Å²) in [5.74, 6) is -0.233. The van der Waals surface area contributed by atoms with Crippen LogP contribution >= 0.6 is 0 Å². The van der Waals surface area contributed by atoms with Gasteiger partial charge in [-0.25, -0.2) is 0 Å². The topological polar surface area (TPSA) is 72.2 Å². The molecule has 0 radical (unpaired) electrons. The second-order valence-electron chi connectivity index (χ2n) is 7.31. The number of rotatable bonds is 11. The van der Waals surface area contributed by atoms with Gasteiger partial charge in [0, 0.05) is 34.2 Å². The van der Waals surface area contributed by atoms with E-state index in [2.05, 4.69) is 5.32 Å². The molecule has 0 amide bonds. The number of carbonyl (C=O) groups is 1.